The molecule has 9 nitrogen and oxygen atoms in total. The van der Waals surface area contributed by atoms with E-state index < -0.39 is 0 Å². The lowest BCUT2D eigenvalue weighted by atomic mass is 10.2. The molecule has 176 valence electrons. The predicted molar refractivity (Wildman–Crippen MR) is 130 cm³/mol. The molecule has 0 spiro atoms. The summed E-state index contributed by atoms with van der Waals surface area (Å²) < 4.78 is 9.29. The van der Waals surface area contributed by atoms with Crippen molar-refractivity contribution in [3.8, 4) is 0 Å². The number of carbonyl (C=O) groups is 1. The molecule has 1 fully saturated rings. The smallest absolute Gasteiger partial charge is 0.235 e. The lowest BCUT2D eigenvalue weighted by molar-refractivity contribution is -0.113. The molecule has 1 aromatic carbocycles. The molecule has 0 radical (unpaired) electrons. The van der Waals surface area contributed by atoms with E-state index in [9.17, 15) is 4.79 Å². The Morgan fingerprint density at radius 3 is 2.76 bits per heavy atom. The van der Waals surface area contributed by atoms with E-state index in [4.69, 9.17) is 16.3 Å². The van der Waals surface area contributed by atoms with Gasteiger partial charge in [-0.3, -0.25) is 9.36 Å². The van der Waals surface area contributed by atoms with Crippen molar-refractivity contribution in [3.05, 3.63) is 47.1 Å². The molecule has 2 aromatic heterocycles. The van der Waals surface area contributed by atoms with Crippen LogP contribution in [0.1, 0.15) is 19.4 Å². The van der Waals surface area contributed by atoms with E-state index in [1.54, 1.807) is 16.9 Å². The van der Waals surface area contributed by atoms with Crippen LogP contribution in [0, 0.1) is 5.92 Å². The second-order valence-electron chi connectivity index (χ2n) is 8.19. The Labute approximate surface area is 202 Å². The summed E-state index contributed by atoms with van der Waals surface area (Å²) >= 11 is 7.65. The number of aromatic nitrogens is 5. The van der Waals surface area contributed by atoms with Crippen LogP contribution in [0.25, 0.3) is 0 Å². The molecule has 11 heteroatoms. The molecule has 1 N–H and O–H groups in total. The third kappa shape index (κ3) is 6.07. The number of hydrogen-bond acceptors (Lipinski definition) is 7. The third-order valence-corrected chi connectivity index (χ3v) is 6.47. The van der Waals surface area contributed by atoms with Gasteiger partial charge in [0.15, 0.2) is 5.16 Å². The predicted octanol–water partition coefficient (Wildman–Crippen LogP) is 3.40. The highest BCUT2D eigenvalue weighted by Crippen LogP contribution is 2.24. The number of anilines is 2. The number of carbonyl (C=O) groups excluding carboxylic acids is 1. The first kappa shape index (κ1) is 23.6. The SMILES string of the molecule is CC(C)Cn1c(SCC(=O)Nc2ccnn2Cc2ccccc2Cl)nnc1N1CCOCC1. The Bertz CT molecular complexity index is 1080. The summed E-state index contributed by atoms with van der Waals surface area (Å²) in [7, 11) is 0. The number of rotatable bonds is 9. The Hall–Kier alpha value is -2.56. The van der Waals surface area contributed by atoms with Gasteiger partial charge in [0.1, 0.15) is 5.82 Å². The lowest BCUT2D eigenvalue weighted by Gasteiger charge is -2.28. The minimum atomic E-state index is -0.132. The van der Waals surface area contributed by atoms with Crippen molar-refractivity contribution in [1.29, 1.82) is 0 Å². The minimum Gasteiger partial charge on any atom is -0.378 e. The molecule has 0 atom stereocenters. The molecule has 1 amide bonds. The Balaban J connectivity index is 1.40. The Morgan fingerprint density at radius 2 is 2.00 bits per heavy atom. The summed E-state index contributed by atoms with van der Waals surface area (Å²) in [5.74, 6) is 1.98. The summed E-state index contributed by atoms with van der Waals surface area (Å²) in [6, 6.07) is 9.37. The largest absolute Gasteiger partial charge is 0.378 e. The Kier molecular flexibility index (Phi) is 7.89. The van der Waals surface area contributed by atoms with Gasteiger partial charge in [-0.25, -0.2) is 4.68 Å². The molecular formula is C22H28ClN7O2S. The second kappa shape index (κ2) is 11.0. The van der Waals surface area contributed by atoms with Gasteiger partial charge >= 0.3 is 0 Å². The van der Waals surface area contributed by atoms with E-state index >= 15 is 0 Å². The highest BCUT2D eigenvalue weighted by molar-refractivity contribution is 7.99. The van der Waals surface area contributed by atoms with Crippen molar-refractivity contribution in [2.24, 2.45) is 5.92 Å². The van der Waals surface area contributed by atoms with Crippen LogP contribution in [0.15, 0.2) is 41.7 Å². The van der Waals surface area contributed by atoms with Gasteiger partial charge in [-0.15, -0.1) is 10.2 Å². The normalized spacial score (nSPS) is 14.1. The number of ether oxygens (including phenoxy) is 1. The van der Waals surface area contributed by atoms with Gasteiger partial charge in [0.2, 0.25) is 11.9 Å². The number of morpholine rings is 1. The maximum Gasteiger partial charge on any atom is 0.235 e. The molecule has 0 aliphatic carbocycles. The summed E-state index contributed by atoms with van der Waals surface area (Å²) in [6.07, 6.45) is 1.66. The average Bonchev–Trinajstić information content (AvgIpc) is 3.41. The number of thioether (sulfide) groups is 1. The van der Waals surface area contributed by atoms with Crippen molar-refractivity contribution in [1.82, 2.24) is 24.5 Å². The average molecular weight is 490 g/mol. The number of hydrogen-bond donors (Lipinski definition) is 1. The van der Waals surface area contributed by atoms with E-state index in [1.807, 2.05) is 24.3 Å². The summed E-state index contributed by atoms with van der Waals surface area (Å²) in [6.45, 7) is 8.51. The van der Waals surface area contributed by atoms with Crippen molar-refractivity contribution < 1.29 is 9.53 Å². The maximum absolute atomic E-state index is 12.7. The zero-order chi connectivity index (χ0) is 23.2. The van der Waals surface area contributed by atoms with Crippen LogP contribution in [0.3, 0.4) is 0 Å². The van der Waals surface area contributed by atoms with Crippen LogP contribution >= 0.6 is 23.4 Å². The number of benzene rings is 1. The summed E-state index contributed by atoms with van der Waals surface area (Å²) in [5.41, 5.74) is 0.935. The van der Waals surface area contributed by atoms with Gasteiger partial charge in [-0.1, -0.05) is 55.4 Å². The lowest BCUT2D eigenvalue weighted by Crippen LogP contribution is -2.38. The monoisotopic (exact) mass is 489 g/mol. The molecule has 33 heavy (non-hydrogen) atoms. The highest BCUT2D eigenvalue weighted by atomic mass is 35.5. The van der Waals surface area contributed by atoms with Gasteiger partial charge < -0.3 is 15.0 Å². The van der Waals surface area contributed by atoms with E-state index in [2.05, 4.69) is 43.9 Å². The quantitative estimate of drug-likeness (QED) is 0.460. The number of nitrogens with zero attached hydrogens (tertiary/aromatic N) is 6. The topological polar surface area (TPSA) is 90.1 Å². The first-order chi connectivity index (χ1) is 16.0. The van der Waals surface area contributed by atoms with E-state index in [0.717, 1.165) is 36.3 Å². The van der Waals surface area contributed by atoms with Crippen LogP contribution in [-0.2, 0) is 22.6 Å². The van der Waals surface area contributed by atoms with Crippen LogP contribution in [0.2, 0.25) is 5.02 Å². The van der Waals surface area contributed by atoms with E-state index in [-0.39, 0.29) is 11.7 Å². The Morgan fingerprint density at radius 1 is 1.21 bits per heavy atom. The standard InChI is InChI=1S/C22H28ClN7O2S/c1-16(2)13-29-21(28-9-11-32-12-10-28)26-27-22(29)33-15-20(31)25-19-7-8-24-30(19)14-17-5-3-4-6-18(17)23/h3-8,16H,9-15H2,1-2H3,(H,25,31). The third-order valence-electron chi connectivity index (χ3n) is 5.13. The molecule has 0 bridgehead atoms. The first-order valence-corrected chi connectivity index (χ1v) is 12.3. The fraction of sp³-hybridized carbons (Fsp3) is 0.455. The van der Waals surface area contributed by atoms with Crippen molar-refractivity contribution in [2.45, 2.75) is 32.1 Å². The van der Waals surface area contributed by atoms with E-state index in [0.29, 0.717) is 36.5 Å². The van der Waals surface area contributed by atoms with Crippen molar-refractivity contribution in [2.75, 3.05) is 42.3 Å². The number of amides is 1. The molecule has 0 unspecified atom stereocenters. The van der Waals surface area contributed by atoms with Gasteiger partial charge in [-0.05, 0) is 17.5 Å². The number of halogens is 1. The number of nitrogens with one attached hydrogen (secondary N) is 1. The first-order valence-electron chi connectivity index (χ1n) is 10.9. The highest BCUT2D eigenvalue weighted by Gasteiger charge is 2.22. The molecule has 1 aliphatic rings. The fourth-order valence-electron chi connectivity index (χ4n) is 3.57. The zero-order valence-corrected chi connectivity index (χ0v) is 20.3. The fourth-order valence-corrected chi connectivity index (χ4v) is 4.51. The molecule has 3 heterocycles. The molecule has 0 saturated carbocycles. The van der Waals surface area contributed by atoms with Crippen LogP contribution in [0.4, 0.5) is 11.8 Å². The second-order valence-corrected chi connectivity index (χ2v) is 9.54. The van der Waals surface area contributed by atoms with Crippen molar-refractivity contribution in [3.63, 3.8) is 0 Å². The summed E-state index contributed by atoms with van der Waals surface area (Å²) in [4.78, 5) is 14.9. The van der Waals surface area contributed by atoms with Gasteiger partial charge in [0.25, 0.3) is 0 Å². The summed E-state index contributed by atoms with van der Waals surface area (Å²) in [5, 5.41) is 17.5. The van der Waals surface area contributed by atoms with Crippen LogP contribution < -0.4 is 10.2 Å². The minimum absolute atomic E-state index is 0.132. The van der Waals surface area contributed by atoms with Crippen molar-refractivity contribution >= 4 is 41.0 Å². The van der Waals surface area contributed by atoms with Gasteiger partial charge in [0.05, 0.1) is 31.7 Å². The molecule has 1 aliphatic heterocycles. The maximum atomic E-state index is 12.7. The molecular weight excluding hydrogens is 462 g/mol. The van der Waals surface area contributed by atoms with Crippen LogP contribution in [0.5, 0.6) is 0 Å². The zero-order valence-electron chi connectivity index (χ0n) is 18.8. The van der Waals surface area contributed by atoms with Gasteiger partial charge in [0, 0.05) is 30.7 Å². The van der Waals surface area contributed by atoms with Crippen LogP contribution in [-0.4, -0.2) is 62.5 Å². The van der Waals surface area contributed by atoms with Gasteiger partial charge in [-0.2, -0.15) is 5.10 Å². The molecule has 4 rings (SSSR count). The molecule has 1 saturated heterocycles. The van der Waals surface area contributed by atoms with E-state index in [1.165, 1.54) is 11.8 Å². The molecule has 3 aromatic rings.